The highest BCUT2D eigenvalue weighted by Crippen LogP contribution is 2.49. The summed E-state index contributed by atoms with van der Waals surface area (Å²) in [5.41, 5.74) is 2.53. The number of oxime groups is 1. The Labute approximate surface area is 191 Å². The second-order valence-corrected chi connectivity index (χ2v) is 8.52. The van der Waals surface area contributed by atoms with Crippen molar-refractivity contribution < 1.29 is 14.6 Å². The van der Waals surface area contributed by atoms with Gasteiger partial charge >= 0.3 is 5.97 Å². The van der Waals surface area contributed by atoms with Crippen LogP contribution >= 0.6 is 27.5 Å². The standard InChI is InChI=1S/C23H16BrClN2O4/c24-17-8-4-15(5-9-17)22(21-13-20(21)14-6-10-18(25)11-7-14)26-31-23(28)16-2-1-3-19(12-16)27(29)30/h1-12,20-21H,13H2. The molecule has 0 aliphatic heterocycles. The topological polar surface area (TPSA) is 81.8 Å². The quantitative estimate of drug-likeness (QED) is 0.171. The highest BCUT2D eigenvalue weighted by molar-refractivity contribution is 9.10. The highest BCUT2D eigenvalue weighted by Gasteiger charge is 2.43. The lowest BCUT2D eigenvalue weighted by molar-refractivity contribution is -0.384. The van der Waals surface area contributed by atoms with E-state index < -0.39 is 10.9 Å². The van der Waals surface area contributed by atoms with Crippen LogP contribution in [-0.2, 0) is 4.84 Å². The summed E-state index contributed by atoms with van der Waals surface area (Å²) in [7, 11) is 0. The molecular weight excluding hydrogens is 484 g/mol. The van der Waals surface area contributed by atoms with E-state index in [-0.39, 0.29) is 23.1 Å². The highest BCUT2D eigenvalue weighted by atomic mass is 79.9. The van der Waals surface area contributed by atoms with Gasteiger partial charge in [0.2, 0.25) is 0 Å². The van der Waals surface area contributed by atoms with Crippen LogP contribution in [0.2, 0.25) is 5.02 Å². The lowest BCUT2D eigenvalue weighted by atomic mass is 10.0. The minimum Gasteiger partial charge on any atom is -0.313 e. The summed E-state index contributed by atoms with van der Waals surface area (Å²) in [6.07, 6.45) is 0.866. The first-order valence-corrected chi connectivity index (χ1v) is 10.6. The molecule has 31 heavy (non-hydrogen) atoms. The number of hydrogen-bond acceptors (Lipinski definition) is 5. The summed E-state index contributed by atoms with van der Waals surface area (Å²) in [5, 5.41) is 15.8. The van der Waals surface area contributed by atoms with Crippen molar-refractivity contribution in [1.82, 2.24) is 0 Å². The van der Waals surface area contributed by atoms with Crippen LogP contribution in [0.1, 0.15) is 33.8 Å². The van der Waals surface area contributed by atoms with Crippen molar-refractivity contribution in [2.45, 2.75) is 12.3 Å². The van der Waals surface area contributed by atoms with Gasteiger partial charge in [0.1, 0.15) is 0 Å². The van der Waals surface area contributed by atoms with Crippen molar-refractivity contribution >= 4 is 44.9 Å². The number of benzene rings is 3. The van der Waals surface area contributed by atoms with Crippen molar-refractivity contribution in [2.24, 2.45) is 11.1 Å². The van der Waals surface area contributed by atoms with Gasteiger partial charge in [0.05, 0.1) is 16.2 Å². The molecule has 0 aromatic heterocycles. The van der Waals surface area contributed by atoms with Gasteiger partial charge in [-0.15, -0.1) is 0 Å². The molecule has 0 saturated heterocycles. The van der Waals surface area contributed by atoms with E-state index in [0.717, 1.165) is 22.0 Å². The summed E-state index contributed by atoms with van der Waals surface area (Å²) in [4.78, 5) is 28.1. The molecule has 0 spiro atoms. The van der Waals surface area contributed by atoms with Gasteiger partial charge in [-0.2, -0.15) is 0 Å². The zero-order valence-corrected chi connectivity index (χ0v) is 18.4. The normalized spacial score (nSPS) is 17.8. The average Bonchev–Trinajstić information content (AvgIpc) is 3.56. The van der Waals surface area contributed by atoms with Crippen molar-refractivity contribution in [1.29, 1.82) is 0 Å². The van der Waals surface area contributed by atoms with E-state index in [1.807, 2.05) is 48.5 Å². The number of nitro groups is 1. The molecule has 0 radical (unpaired) electrons. The molecule has 0 heterocycles. The molecule has 0 amide bonds. The fourth-order valence-corrected chi connectivity index (χ4v) is 3.81. The fraction of sp³-hybridized carbons (Fsp3) is 0.130. The van der Waals surface area contributed by atoms with E-state index in [0.29, 0.717) is 10.7 Å². The van der Waals surface area contributed by atoms with Gasteiger partial charge in [0.25, 0.3) is 5.69 Å². The number of halogens is 2. The Morgan fingerprint density at radius 2 is 1.77 bits per heavy atom. The van der Waals surface area contributed by atoms with Gasteiger partial charge in [0.15, 0.2) is 0 Å². The lowest BCUT2D eigenvalue weighted by Gasteiger charge is -2.07. The first-order chi connectivity index (χ1) is 14.9. The number of hydrogen-bond donors (Lipinski definition) is 0. The van der Waals surface area contributed by atoms with Crippen LogP contribution in [0.25, 0.3) is 0 Å². The van der Waals surface area contributed by atoms with E-state index in [2.05, 4.69) is 21.1 Å². The molecule has 3 aromatic rings. The van der Waals surface area contributed by atoms with Gasteiger partial charge in [-0.1, -0.05) is 63.0 Å². The molecular formula is C23H16BrClN2O4. The first-order valence-electron chi connectivity index (χ1n) is 9.47. The number of nitro benzene ring substituents is 1. The van der Waals surface area contributed by atoms with Gasteiger partial charge in [0, 0.05) is 27.5 Å². The summed E-state index contributed by atoms with van der Waals surface area (Å²) in [6, 6.07) is 20.7. The smallest absolute Gasteiger partial charge is 0.313 e. The molecule has 1 saturated carbocycles. The third-order valence-corrected chi connectivity index (χ3v) is 5.88. The van der Waals surface area contributed by atoms with Crippen molar-refractivity contribution in [3.63, 3.8) is 0 Å². The molecule has 1 fully saturated rings. The maximum atomic E-state index is 12.5. The molecule has 4 rings (SSSR count). The van der Waals surface area contributed by atoms with E-state index in [4.69, 9.17) is 16.4 Å². The Morgan fingerprint density at radius 3 is 2.45 bits per heavy atom. The zero-order valence-electron chi connectivity index (χ0n) is 16.1. The third-order valence-electron chi connectivity index (χ3n) is 5.10. The zero-order chi connectivity index (χ0) is 22.0. The minimum absolute atomic E-state index is 0.0677. The summed E-state index contributed by atoms with van der Waals surface area (Å²) < 4.78 is 0.925. The van der Waals surface area contributed by atoms with Gasteiger partial charge in [-0.3, -0.25) is 10.1 Å². The summed E-state index contributed by atoms with van der Waals surface area (Å²) in [5.74, 6) is -0.418. The number of rotatable bonds is 6. The predicted molar refractivity (Wildman–Crippen MR) is 121 cm³/mol. The van der Waals surface area contributed by atoms with Crippen LogP contribution in [0.4, 0.5) is 5.69 Å². The van der Waals surface area contributed by atoms with Crippen molar-refractivity contribution in [2.75, 3.05) is 0 Å². The number of carbonyl (C=O) groups is 1. The van der Waals surface area contributed by atoms with Crippen LogP contribution in [-0.4, -0.2) is 16.6 Å². The fourth-order valence-electron chi connectivity index (χ4n) is 3.42. The molecule has 1 aliphatic rings. The Bertz CT molecular complexity index is 1160. The SMILES string of the molecule is O=C(ON=C(c1ccc(Br)cc1)C1CC1c1ccc(Cl)cc1)c1cccc([N+](=O)[O-])c1. The third kappa shape index (κ3) is 5.00. The van der Waals surface area contributed by atoms with Gasteiger partial charge in [-0.05, 0) is 53.8 Å². The minimum atomic E-state index is -0.748. The van der Waals surface area contributed by atoms with Crippen LogP contribution in [0, 0.1) is 16.0 Å². The predicted octanol–water partition coefficient (Wildman–Crippen LogP) is 6.38. The van der Waals surface area contributed by atoms with Crippen LogP contribution < -0.4 is 0 Å². The van der Waals surface area contributed by atoms with E-state index in [1.54, 1.807) is 0 Å². The molecule has 2 unspecified atom stereocenters. The second kappa shape index (κ2) is 8.99. The summed E-state index contributed by atoms with van der Waals surface area (Å²) >= 11 is 9.41. The maximum Gasteiger partial charge on any atom is 0.365 e. The first kappa shape index (κ1) is 21.2. The molecule has 2 atom stereocenters. The number of non-ortho nitro benzene ring substituents is 1. The van der Waals surface area contributed by atoms with Gasteiger partial charge in [-0.25, -0.2) is 4.79 Å². The average molecular weight is 500 g/mol. The number of carbonyl (C=O) groups excluding carboxylic acids is 1. The van der Waals surface area contributed by atoms with E-state index in [1.165, 1.54) is 24.3 Å². The summed E-state index contributed by atoms with van der Waals surface area (Å²) in [6.45, 7) is 0. The number of nitrogens with zero attached hydrogens (tertiary/aromatic N) is 2. The van der Waals surface area contributed by atoms with Crippen LogP contribution in [0.5, 0.6) is 0 Å². The molecule has 6 nitrogen and oxygen atoms in total. The molecule has 156 valence electrons. The molecule has 1 aliphatic carbocycles. The van der Waals surface area contributed by atoms with E-state index >= 15 is 0 Å². The van der Waals surface area contributed by atoms with Gasteiger partial charge < -0.3 is 4.84 Å². The van der Waals surface area contributed by atoms with Crippen LogP contribution in [0.15, 0.2) is 82.4 Å². The maximum absolute atomic E-state index is 12.5. The molecule has 0 bridgehead atoms. The molecule has 8 heteroatoms. The Kier molecular flexibility index (Phi) is 6.15. The largest absolute Gasteiger partial charge is 0.365 e. The monoisotopic (exact) mass is 498 g/mol. The second-order valence-electron chi connectivity index (χ2n) is 7.17. The lowest BCUT2D eigenvalue weighted by Crippen LogP contribution is -2.09. The van der Waals surface area contributed by atoms with E-state index in [9.17, 15) is 14.9 Å². The van der Waals surface area contributed by atoms with Crippen molar-refractivity contribution in [3.05, 3.63) is 109 Å². The molecule has 3 aromatic carbocycles. The van der Waals surface area contributed by atoms with Crippen LogP contribution in [0.3, 0.4) is 0 Å². The Morgan fingerprint density at radius 1 is 1.06 bits per heavy atom. The van der Waals surface area contributed by atoms with Crippen molar-refractivity contribution in [3.8, 4) is 0 Å². The molecule has 0 N–H and O–H groups in total. The Balaban J connectivity index is 1.59. The Hall–Kier alpha value is -3.03.